The smallest absolute Gasteiger partial charge is 0.137 e. The Kier molecular flexibility index (Phi) is 2.88. The predicted octanol–water partition coefficient (Wildman–Crippen LogP) is 2.91. The summed E-state index contributed by atoms with van der Waals surface area (Å²) in [4.78, 5) is 0. The molecule has 0 amide bonds. The van der Waals surface area contributed by atoms with Gasteiger partial charge in [0.15, 0.2) is 0 Å². The molecule has 2 unspecified atom stereocenters. The van der Waals surface area contributed by atoms with Crippen LogP contribution < -0.4 is 5.32 Å². The molecule has 1 aliphatic rings. The van der Waals surface area contributed by atoms with Crippen LogP contribution in [0.1, 0.15) is 17.9 Å². The lowest BCUT2D eigenvalue weighted by atomic mass is 10.1. The van der Waals surface area contributed by atoms with E-state index in [1.165, 1.54) is 6.42 Å². The Bertz CT molecular complexity index is 340. The van der Waals surface area contributed by atoms with Gasteiger partial charge in [0.05, 0.1) is 4.47 Å². The van der Waals surface area contributed by atoms with E-state index < -0.39 is 0 Å². The third-order valence-corrected chi connectivity index (χ3v) is 3.40. The monoisotopic (exact) mass is 257 g/mol. The number of nitrogens with one attached hydrogen (secondary N) is 1. The molecule has 76 valence electrons. The van der Waals surface area contributed by atoms with Crippen molar-refractivity contribution in [2.75, 3.05) is 13.6 Å². The molecule has 2 atom stereocenters. The zero-order valence-electron chi connectivity index (χ0n) is 8.06. The molecule has 0 aromatic heterocycles. The van der Waals surface area contributed by atoms with Crippen LogP contribution in [0, 0.1) is 11.7 Å². The molecule has 3 heteroatoms. The molecule has 1 aromatic rings. The van der Waals surface area contributed by atoms with Crippen molar-refractivity contribution >= 4 is 15.9 Å². The molecule has 2 rings (SSSR count). The van der Waals surface area contributed by atoms with Gasteiger partial charge < -0.3 is 5.32 Å². The highest BCUT2D eigenvalue weighted by molar-refractivity contribution is 9.10. The summed E-state index contributed by atoms with van der Waals surface area (Å²) in [6.45, 7) is 1.03. The lowest BCUT2D eigenvalue weighted by Crippen LogP contribution is -2.10. The van der Waals surface area contributed by atoms with Gasteiger partial charge in [0.25, 0.3) is 0 Å². The van der Waals surface area contributed by atoms with Crippen molar-refractivity contribution in [1.29, 1.82) is 0 Å². The predicted molar refractivity (Wildman–Crippen MR) is 58.9 cm³/mol. The van der Waals surface area contributed by atoms with Crippen LogP contribution in [0.5, 0.6) is 0 Å². The molecular weight excluding hydrogens is 245 g/mol. The topological polar surface area (TPSA) is 12.0 Å². The first-order chi connectivity index (χ1) is 6.72. The van der Waals surface area contributed by atoms with E-state index in [4.69, 9.17) is 0 Å². The van der Waals surface area contributed by atoms with Gasteiger partial charge in [-0.25, -0.2) is 4.39 Å². The molecule has 0 saturated heterocycles. The Morgan fingerprint density at radius 1 is 1.57 bits per heavy atom. The van der Waals surface area contributed by atoms with E-state index in [9.17, 15) is 4.39 Å². The summed E-state index contributed by atoms with van der Waals surface area (Å²) in [7, 11) is 1.96. The van der Waals surface area contributed by atoms with Crippen molar-refractivity contribution in [3.63, 3.8) is 0 Å². The Labute approximate surface area is 91.8 Å². The fourth-order valence-corrected chi connectivity index (χ4v) is 2.13. The summed E-state index contributed by atoms with van der Waals surface area (Å²) in [6.07, 6.45) is 1.18. The quantitative estimate of drug-likeness (QED) is 0.879. The Balaban J connectivity index is 2.08. The first-order valence-electron chi connectivity index (χ1n) is 4.82. The summed E-state index contributed by atoms with van der Waals surface area (Å²) in [5.41, 5.74) is 1.13. The Hall–Kier alpha value is -0.410. The SMILES string of the molecule is CNCC1CC1c1ccc(Br)c(F)c1. The summed E-state index contributed by atoms with van der Waals surface area (Å²) in [6, 6.07) is 5.44. The minimum atomic E-state index is -0.155. The van der Waals surface area contributed by atoms with Gasteiger partial charge in [0, 0.05) is 0 Å². The van der Waals surface area contributed by atoms with Crippen LogP contribution in [-0.4, -0.2) is 13.6 Å². The number of halogens is 2. The highest BCUT2D eigenvalue weighted by Crippen LogP contribution is 2.47. The largest absolute Gasteiger partial charge is 0.319 e. The van der Waals surface area contributed by atoms with Crippen molar-refractivity contribution in [3.05, 3.63) is 34.1 Å². The molecule has 0 radical (unpaired) electrons. The third kappa shape index (κ3) is 1.98. The first kappa shape index (κ1) is 10.1. The van der Waals surface area contributed by atoms with Crippen LogP contribution in [0.15, 0.2) is 22.7 Å². The van der Waals surface area contributed by atoms with E-state index >= 15 is 0 Å². The Morgan fingerprint density at radius 3 is 3.00 bits per heavy atom. The summed E-state index contributed by atoms with van der Waals surface area (Å²) in [5.74, 6) is 1.10. The van der Waals surface area contributed by atoms with Gasteiger partial charge in [-0.15, -0.1) is 0 Å². The van der Waals surface area contributed by atoms with Gasteiger partial charge in [-0.3, -0.25) is 0 Å². The van der Waals surface area contributed by atoms with Crippen LogP contribution in [-0.2, 0) is 0 Å². The molecule has 1 aliphatic carbocycles. The van der Waals surface area contributed by atoms with Crippen molar-refractivity contribution in [2.45, 2.75) is 12.3 Å². The lowest BCUT2D eigenvalue weighted by molar-refractivity contribution is 0.617. The zero-order valence-corrected chi connectivity index (χ0v) is 9.64. The second-order valence-corrected chi connectivity index (χ2v) is 4.69. The maximum atomic E-state index is 13.2. The van der Waals surface area contributed by atoms with E-state index in [0.29, 0.717) is 16.3 Å². The van der Waals surface area contributed by atoms with E-state index in [1.54, 1.807) is 12.1 Å². The highest BCUT2D eigenvalue weighted by atomic mass is 79.9. The van der Waals surface area contributed by atoms with Gasteiger partial charge in [0.1, 0.15) is 5.82 Å². The van der Waals surface area contributed by atoms with Crippen LogP contribution in [0.4, 0.5) is 4.39 Å². The number of benzene rings is 1. The first-order valence-corrected chi connectivity index (χ1v) is 5.61. The Morgan fingerprint density at radius 2 is 2.36 bits per heavy atom. The second kappa shape index (κ2) is 3.99. The number of hydrogen-bond donors (Lipinski definition) is 1. The van der Waals surface area contributed by atoms with Gasteiger partial charge in [0.2, 0.25) is 0 Å². The molecule has 0 heterocycles. The molecule has 1 fully saturated rings. The van der Waals surface area contributed by atoms with Gasteiger partial charge in [-0.2, -0.15) is 0 Å². The standard InChI is InChI=1S/C11H13BrFN/c1-14-6-8-4-9(8)7-2-3-10(12)11(13)5-7/h2-3,5,8-9,14H,4,6H2,1H3. The maximum absolute atomic E-state index is 13.2. The molecule has 1 aromatic carbocycles. The van der Waals surface area contributed by atoms with Crippen LogP contribution >= 0.6 is 15.9 Å². The van der Waals surface area contributed by atoms with Crippen molar-refractivity contribution < 1.29 is 4.39 Å². The van der Waals surface area contributed by atoms with Crippen molar-refractivity contribution in [3.8, 4) is 0 Å². The summed E-state index contributed by atoms with van der Waals surface area (Å²) >= 11 is 3.16. The highest BCUT2D eigenvalue weighted by Gasteiger charge is 2.37. The normalized spacial score (nSPS) is 25.1. The average Bonchev–Trinajstić information content (AvgIpc) is 2.90. The van der Waals surface area contributed by atoms with Gasteiger partial charge in [-0.1, -0.05) is 6.07 Å². The van der Waals surface area contributed by atoms with E-state index in [1.807, 2.05) is 13.1 Å². The fourth-order valence-electron chi connectivity index (χ4n) is 1.89. The molecule has 1 N–H and O–H groups in total. The van der Waals surface area contributed by atoms with E-state index in [0.717, 1.165) is 12.1 Å². The molecule has 1 saturated carbocycles. The second-order valence-electron chi connectivity index (χ2n) is 3.83. The zero-order chi connectivity index (χ0) is 10.1. The van der Waals surface area contributed by atoms with Crippen molar-refractivity contribution in [1.82, 2.24) is 5.32 Å². The molecule has 14 heavy (non-hydrogen) atoms. The molecule has 0 aliphatic heterocycles. The van der Waals surface area contributed by atoms with Gasteiger partial charge >= 0.3 is 0 Å². The molecular formula is C11H13BrFN. The number of hydrogen-bond acceptors (Lipinski definition) is 1. The third-order valence-electron chi connectivity index (χ3n) is 2.76. The molecule has 0 bridgehead atoms. The fraction of sp³-hybridized carbons (Fsp3) is 0.455. The minimum absolute atomic E-state index is 0.155. The lowest BCUT2D eigenvalue weighted by Gasteiger charge is -2.01. The summed E-state index contributed by atoms with van der Waals surface area (Å²) < 4.78 is 13.8. The van der Waals surface area contributed by atoms with Crippen LogP contribution in [0.3, 0.4) is 0 Å². The minimum Gasteiger partial charge on any atom is -0.319 e. The maximum Gasteiger partial charge on any atom is 0.137 e. The average molecular weight is 258 g/mol. The van der Waals surface area contributed by atoms with Gasteiger partial charge in [-0.05, 0) is 65.5 Å². The van der Waals surface area contributed by atoms with E-state index in [-0.39, 0.29) is 5.82 Å². The van der Waals surface area contributed by atoms with Crippen LogP contribution in [0.25, 0.3) is 0 Å². The van der Waals surface area contributed by atoms with Crippen molar-refractivity contribution in [2.24, 2.45) is 5.92 Å². The number of rotatable bonds is 3. The molecule has 1 nitrogen and oxygen atoms in total. The van der Waals surface area contributed by atoms with Crippen LogP contribution in [0.2, 0.25) is 0 Å². The molecule has 0 spiro atoms. The van der Waals surface area contributed by atoms with E-state index in [2.05, 4.69) is 21.2 Å². The summed E-state index contributed by atoms with van der Waals surface area (Å²) in [5, 5.41) is 3.15.